The maximum atomic E-state index is 13.0. The second-order valence-corrected chi connectivity index (χ2v) is 16.7. The molecule has 0 aliphatic heterocycles. The van der Waals surface area contributed by atoms with Crippen molar-refractivity contribution < 1.29 is 19.8 Å². The fourth-order valence-electron chi connectivity index (χ4n) is 12.8. The van der Waals surface area contributed by atoms with Crippen LogP contribution in [-0.4, -0.2) is 22.2 Å². The molecule has 1 aromatic carbocycles. The average Bonchev–Trinajstić information content (AvgIpc) is 3.34. The van der Waals surface area contributed by atoms with Crippen LogP contribution in [0.4, 0.5) is 0 Å². The second kappa shape index (κ2) is 10.1. The predicted octanol–water partition coefficient (Wildman–Crippen LogP) is 9.44. The predicted molar refractivity (Wildman–Crippen MR) is 172 cm³/mol. The number of hydrogen-bond donors (Lipinski definition) is 2. The second-order valence-electron chi connectivity index (χ2n) is 16.7. The van der Waals surface area contributed by atoms with Crippen LogP contribution in [0.25, 0.3) is 5.57 Å². The lowest BCUT2D eigenvalue weighted by Crippen LogP contribution is -2.65. The molecule has 0 bridgehead atoms. The lowest BCUT2D eigenvalue weighted by Gasteiger charge is -2.72. The standard InChI is InChI=1S/C39H54O4/c1-24(2)26-16-21-39(34(42)43)23-22-37(6)29(33(26)39)13-14-31-36(5)19-17-28(35(3,4)30(36)18-20-38(31,37)7)27-11-9-8-10-25(27)12-15-32(40)41/h8-11,17,26,29-31,33H,1,12-16,18-23H2,2-7H3,(H,40,41)(H,42,43)/t26-,29?,30?,31?,33?,36-,37+,38+,39-/m0/s1. The fraction of sp³-hybridized carbons (Fsp3) is 0.692. The summed E-state index contributed by atoms with van der Waals surface area (Å²) in [5.74, 6) is 0.816. The van der Waals surface area contributed by atoms with Gasteiger partial charge in [0.05, 0.1) is 5.41 Å². The minimum absolute atomic E-state index is 0.0209. The largest absolute Gasteiger partial charge is 0.481 e. The number of hydrogen-bond acceptors (Lipinski definition) is 2. The normalized spacial score (nSPS) is 42.9. The molecular weight excluding hydrogens is 532 g/mol. The van der Waals surface area contributed by atoms with Crippen molar-refractivity contribution in [2.75, 3.05) is 0 Å². The first-order valence-corrected chi connectivity index (χ1v) is 17.0. The molecule has 0 radical (unpaired) electrons. The Morgan fingerprint density at radius 1 is 0.884 bits per heavy atom. The molecule has 0 spiro atoms. The van der Waals surface area contributed by atoms with Crippen LogP contribution >= 0.6 is 0 Å². The average molecular weight is 587 g/mol. The third-order valence-electron chi connectivity index (χ3n) is 15.0. The number of aryl methyl sites for hydroxylation is 1. The first-order valence-electron chi connectivity index (χ1n) is 17.0. The van der Waals surface area contributed by atoms with Gasteiger partial charge in [0.15, 0.2) is 0 Å². The number of benzene rings is 1. The molecule has 2 N–H and O–H groups in total. The zero-order valence-corrected chi connectivity index (χ0v) is 27.5. The SMILES string of the molecule is C=C(C)[C@@H]1CC[C@]2(C(=O)O)CC[C@]3(C)C(CCC4[C@@]5(C)CC=C(c6ccccc6CCC(=O)O)C(C)(C)C5CC[C@]43C)C12. The van der Waals surface area contributed by atoms with Gasteiger partial charge >= 0.3 is 11.9 Å². The van der Waals surface area contributed by atoms with E-state index in [0.717, 1.165) is 44.1 Å². The maximum Gasteiger partial charge on any atom is 0.309 e. The molecule has 4 heteroatoms. The Hall–Kier alpha value is -2.36. The Balaban J connectivity index is 1.37. The van der Waals surface area contributed by atoms with Gasteiger partial charge in [0, 0.05) is 6.42 Å². The summed E-state index contributed by atoms with van der Waals surface area (Å²) >= 11 is 0. The van der Waals surface area contributed by atoms with Crippen LogP contribution < -0.4 is 0 Å². The summed E-state index contributed by atoms with van der Waals surface area (Å²) in [6.07, 6.45) is 12.6. The Kier molecular flexibility index (Phi) is 7.18. The molecular formula is C39H54O4. The van der Waals surface area contributed by atoms with Gasteiger partial charge in [-0.25, -0.2) is 0 Å². The molecule has 9 atom stereocenters. The van der Waals surface area contributed by atoms with Crippen LogP contribution in [0.1, 0.15) is 117 Å². The highest BCUT2D eigenvalue weighted by Crippen LogP contribution is 2.77. The van der Waals surface area contributed by atoms with Gasteiger partial charge in [-0.1, -0.05) is 77.1 Å². The first-order chi connectivity index (χ1) is 20.1. The van der Waals surface area contributed by atoms with Gasteiger partial charge in [0.1, 0.15) is 0 Å². The molecule has 4 unspecified atom stereocenters. The molecule has 234 valence electrons. The number of carbonyl (C=O) groups is 2. The van der Waals surface area contributed by atoms with E-state index in [1.165, 1.54) is 36.0 Å². The van der Waals surface area contributed by atoms with Crippen molar-refractivity contribution >= 4 is 17.5 Å². The van der Waals surface area contributed by atoms with Gasteiger partial charge < -0.3 is 10.2 Å². The molecule has 1 aromatic rings. The summed E-state index contributed by atoms with van der Waals surface area (Å²) in [4.78, 5) is 24.4. The third kappa shape index (κ3) is 4.13. The smallest absolute Gasteiger partial charge is 0.309 e. The number of allylic oxidation sites excluding steroid dienone is 3. The number of fused-ring (bicyclic) bond motifs is 7. The van der Waals surface area contributed by atoms with E-state index in [2.05, 4.69) is 72.4 Å². The van der Waals surface area contributed by atoms with E-state index in [1.807, 2.05) is 6.07 Å². The van der Waals surface area contributed by atoms with Crippen LogP contribution in [-0.2, 0) is 16.0 Å². The van der Waals surface area contributed by atoms with Crippen molar-refractivity contribution in [3.63, 3.8) is 0 Å². The minimum atomic E-state index is -0.745. The molecule has 6 rings (SSSR count). The van der Waals surface area contributed by atoms with E-state index < -0.39 is 17.4 Å². The number of rotatable bonds is 6. The van der Waals surface area contributed by atoms with E-state index >= 15 is 0 Å². The summed E-state index contributed by atoms with van der Waals surface area (Å²) in [6, 6.07) is 8.47. The van der Waals surface area contributed by atoms with Gasteiger partial charge in [-0.15, -0.1) is 0 Å². The molecule has 0 amide bonds. The number of aliphatic carboxylic acids is 2. The lowest BCUT2D eigenvalue weighted by atomic mass is 9.32. The maximum absolute atomic E-state index is 13.0. The highest BCUT2D eigenvalue weighted by Gasteiger charge is 2.71. The Morgan fingerprint density at radius 3 is 2.28 bits per heavy atom. The van der Waals surface area contributed by atoms with Crippen LogP contribution in [0.3, 0.4) is 0 Å². The van der Waals surface area contributed by atoms with Crippen LogP contribution in [0.15, 0.2) is 42.5 Å². The molecule has 5 aliphatic rings. The van der Waals surface area contributed by atoms with Gasteiger partial charge in [-0.2, -0.15) is 0 Å². The highest BCUT2D eigenvalue weighted by atomic mass is 16.4. The summed E-state index contributed by atoms with van der Waals surface area (Å²) < 4.78 is 0. The van der Waals surface area contributed by atoms with Gasteiger partial charge in [0.2, 0.25) is 0 Å². The first kappa shape index (κ1) is 30.7. The third-order valence-corrected chi connectivity index (χ3v) is 15.0. The van der Waals surface area contributed by atoms with Crippen LogP contribution in [0.5, 0.6) is 0 Å². The monoisotopic (exact) mass is 586 g/mol. The quantitative estimate of drug-likeness (QED) is 0.326. The molecule has 43 heavy (non-hydrogen) atoms. The van der Waals surface area contributed by atoms with Crippen molar-refractivity contribution in [1.82, 2.24) is 0 Å². The van der Waals surface area contributed by atoms with E-state index in [0.29, 0.717) is 30.1 Å². The zero-order chi connectivity index (χ0) is 31.2. The van der Waals surface area contributed by atoms with Crippen molar-refractivity contribution in [2.24, 2.45) is 56.7 Å². The molecule has 5 aliphatic carbocycles. The summed E-state index contributed by atoms with van der Waals surface area (Å²) in [6.45, 7) is 19.2. The van der Waals surface area contributed by atoms with Crippen LogP contribution in [0.2, 0.25) is 0 Å². The zero-order valence-electron chi connectivity index (χ0n) is 27.5. The van der Waals surface area contributed by atoms with Crippen molar-refractivity contribution in [2.45, 2.75) is 112 Å². The van der Waals surface area contributed by atoms with Crippen molar-refractivity contribution in [3.8, 4) is 0 Å². The Labute approximate surface area is 259 Å². The highest BCUT2D eigenvalue weighted by molar-refractivity contribution is 5.76. The molecule has 0 heterocycles. The lowest BCUT2D eigenvalue weighted by molar-refractivity contribution is -0.227. The van der Waals surface area contributed by atoms with Crippen LogP contribution in [0, 0.1) is 56.7 Å². The topological polar surface area (TPSA) is 74.6 Å². The van der Waals surface area contributed by atoms with Crippen molar-refractivity contribution in [1.29, 1.82) is 0 Å². The van der Waals surface area contributed by atoms with E-state index in [1.54, 1.807) is 0 Å². The molecule has 4 nitrogen and oxygen atoms in total. The fourth-order valence-corrected chi connectivity index (χ4v) is 12.8. The molecule has 0 saturated heterocycles. The van der Waals surface area contributed by atoms with E-state index in [4.69, 9.17) is 0 Å². The summed E-state index contributed by atoms with van der Waals surface area (Å²) in [7, 11) is 0. The van der Waals surface area contributed by atoms with Gasteiger partial charge in [-0.05, 0) is 139 Å². The Morgan fingerprint density at radius 2 is 1.60 bits per heavy atom. The van der Waals surface area contributed by atoms with Gasteiger partial charge in [0.25, 0.3) is 0 Å². The van der Waals surface area contributed by atoms with Crippen molar-refractivity contribution in [3.05, 3.63) is 53.6 Å². The minimum Gasteiger partial charge on any atom is -0.481 e. The number of carboxylic acids is 2. The molecule has 4 saturated carbocycles. The molecule has 0 aromatic heterocycles. The molecule has 4 fully saturated rings. The van der Waals surface area contributed by atoms with E-state index in [-0.39, 0.29) is 34.0 Å². The summed E-state index contributed by atoms with van der Waals surface area (Å²) in [5, 5.41) is 20.0. The van der Waals surface area contributed by atoms with Gasteiger partial charge in [-0.3, -0.25) is 9.59 Å². The number of carboxylic acid groups (broad SMARTS) is 2. The van der Waals surface area contributed by atoms with E-state index in [9.17, 15) is 19.8 Å². The summed E-state index contributed by atoms with van der Waals surface area (Å²) in [5.41, 5.74) is 4.86. The Bertz CT molecular complexity index is 1370.